The van der Waals surface area contributed by atoms with Crippen LogP contribution in [0.15, 0.2) is 69.6 Å². The quantitative estimate of drug-likeness (QED) is 0.453. The van der Waals surface area contributed by atoms with Crippen molar-refractivity contribution in [2.45, 2.75) is 19.8 Å². The molecule has 0 spiro atoms. The zero-order valence-electron chi connectivity index (χ0n) is 16.6. The molecule has 1 aliphatic heterocycles. The lowest BCUT2D eigenvalue weighted by atomic mass is 10.2. The van der Waals surface area contributed by atoms with E-state index in [1.54, 1.807) is 17.0 Å². The molecule has 0 unspecified atom stereocenters. The van der Waals surface area contributed by atoms with Crippen molar-refractivity contribution in [1.82, 2.24) is 14.5 Å². The predicted molar refractivity (Wildman–Crippen MR) is 121 cm³/mol. The van der Waals surface area contributed by atoms with Crippen LogP contribution in [0, 0.1) is 0 Å². The van der Waals surface area contributed by atoms with E-state index in [1.165, 1.54) is 22.5 Å². The Bertz CT molecular complexity index is 1190. The van der Waals surface area contributed by atoms with Gasteiger partial charge in [0.2, 0.25) is 5.91 Å². The molecule has 0 atom stereocenters. The van der Waals surface area contributed by atoms with Crippen molar-refractivity contribution in [3.05, 3.63) is 70.8 Å². The standard InChI is InChI=1S/C22H21N5O2S/c1-2-3-13-26-20(28)15-30-22(26)25-23-14-19-24-18-12-8-7-11-17(18)21(29)27(19)16-9-5-4-6-10-16/h4-12,14H,2-3,13,15H2,1H3/b23-14+,25-22-. The summed E-state index contributed by atoms with van der Waals surface area (Å²) in [6.07, 6.45) is 3.37. The molecule has 1 fully saturated rings. The lowest BCUT2D eigenvalue weighted by Crippen LogP contribution is -2.30. The minimum Gasteiger partial charge on any atom is -0.289 e. The Balaban J connectivity index is 1.75. The van der Waals surface area contributed by atoms with Crippen LogP contribution in [0.5, 0.6) is 0 Å². The van der Waals surface area contributed by atoms with E-state index in [2.05, 4.69) is 22.1 Å². The molecule has 0 radical (unpaired) electrons. The van der Waals surface area contributed by atoms with Crippen molar-refractivity contribution in [3.8, 4) is 5.69 Å². The third-order valence-electron chi connectivity index (χ3n) is 4.72. The highest BCUT2D eigenvalue weighted by atomic mass is 32.2. The molecule has 152 valence electrons. The van der Waals surface area contributed by atoms with Gasteiger partial charge in [0.15, 0.2) is 11.0 Å². The summed E-state index contributed by atoms with van der Waals surface area (Å²) in [7, 11) is 0. The molecule has 0 N–H and O–H groups in total. The highest BCUT2D eigenvalue weighted by Gasteiger charge is 2.27. The summed E-state index contributed by atoms with van der Waals surface area (Å²) < 4.78 is 1.52. The molecular formula is C22H21N5O2S. The molecule has 4 rings (SSSR count). The number of thioether (sulfide) groups is 1. The lowest BCUT2D eigenvalue weighted by Gasteiger charge is -2.14. The summed E-state index contributed by atoms with van der Waals surface area (Å²) in [5.41, 5.74) is 1.12. The van der Waals surface area contributed by atoms with Gasteiger partial charge < -0.3 is 0 Å². The van der Waals surface area contributed by atoms with Crippen LogP contribution in [0.3, 0.4) is 0 Å². The van der Waals surface area contributed by atoms with Crippen LogP contribution in [-0.4, -0.2) is 44.0 Å². The number of aromatic nitrogens is 2. The molecule has 1 saturated heterocycles. The fourth-order valence-corrected chi connectivity index (χ4v) is 4.06. The summed E-state index contributed by atoms with van der Waals surface area (Å²) in [4.78, 5) is 31.5. The minimum absolute atomic E-state index is 0.0485. The van der Waals surface area contributed by atoms with Crippen molar-refractivity contribution >= 4 is 40.0 Å². The zero-order chi connectivity index (χ0) is 20.9. The Kier molecular flexibility index (Phi) is 6.04. The van der Waals surface area contributed by atoms with Crippen LogP contribution in [0.25, 0.3) is 16.6 Å². The van der Waals surface area contributed by atoms with Crippen molar-refractivity contribution in [1.29, 1.82) is 0 Å². The van der Waals surface area contributed by atoms with Gasteiger partial charge in [0.05, 0.1) is 28.6 Å². The van der Waals surface area contributed by atoms with E-state index in [1.807, 2.05) is 42.5 Å². The monoisotopic (exact) mass is 419 g/mol. The Morgan fingerprint density at radius 2 is 1.87 bits per heavy atom. The molecule has 3 aromatic rings. The van der Waals surface area contributed by atoms with Crippen LogP contribution < -0.4 is 5.56 Å². The Labute approximate surface area is 178 Å². The Hall–Kier alpha value is -3.26. The number of benzene rings is 2. The fraction of sp³-hybridized carbons (Fsp3) is 0.227. The number of para-hydroxylation sites is 2. The number of amides is 1. The van der Waals surface area contributed by atoms with Crippen LogP contribution in [0.4, 0.5) is 0 Å². The maximum absolute atomic E-state index is 13.2. The number of amidine groups is 1. The number of fused-ring (bicyclic) bond motifs is 1. The molecule has 7 nitrogen and oxygen atoms in total. The van der Waals surface area contributed by atoms with Crippen LogP contribution >= 0.6 is 11.8 Å². The predicted octanol–water partition coefficient (Wildman–Crippen LogP) is 3.45. The van der Waals surface area contributed by atoms with Gasteiger partial charge in [-0.15, -0.1) is 5.10 Å². The number of hydrogen-bond donors (Lipinski definition) is 0. The number of hydrogen-bond acceptors (Lipinski definition) is 6. The summed E-state index contributed by atoms with van der Waals surface area (Å²) in [5, 5.41) is 9.54. The first-order chi connectivity index (χ1) is 14.7. The topological polar surface area (TPSA) is 79.9 Å². The minimum atomic E-state index is -0.170. The molecule has 0 saturated carbocycles. The van der Waals surface area contributed by atoms with E-state index in [9.17, 15) is 9.59 Å². The second-order valence-corrected chi connectivity index (χ2v) is 7.72. The molecule has 0 aliphatic carbocycles. The van der Waals surface area contributed by atoms with Gasteiger partial charge in [-0.05, 0) is 30.7 Å². The third kappa shape index (κ3) is 4.04. The second kappa shape index (κ2) is 9.04. The van der Waals surface area contributed by atoms with Gasteiger partial charge in [-0.3, -0.25) is 19.1 Å². The van der Waals surface area contributed by atoms with Crippen molar-refractivity contribution in [2.24, 2.45) is 10.2 Å². The normalized spacial score (nSPS) is 15.7. The lowest BCUT2D eigenvalue weighted by molar-refractivity contribution is -0.124. The molecule has 1 aliphatic rings. The van der Waals surface area contributed by atoms with Gasteiger partial charge in [-0.25, -0.2) is 4.98 Å². The Morgan fingerprint density at radius 3 is 2.67 bits per heavy atom. The van der Waals surface area contributed by atoms with Gasteiger partial charge in [-0.2, -0.15) is 5.10 Å². The number of carbonyl (C=O) groups excluding carboxylic acids is 1. The molecule has 2 aromatic carbocycles. The maximum Gasteiger partial charge on any atom is 0.266 e. The summed E-state index contributed by atoms with van der Waals surface area (Å²) in [5.74, 6) is 0.803. The van der Waals surface area contributed by atoms with Gasteiger partial charge in [0, 0.05) is 6.54 Å². The van der Waals surface area contributed by atoms with Crippen molar-refractivity contribution < 1.29 is 4.79 Å². The number of carbonyl (C=O) groups is 1. The van der Waals surface area contributed by atoms with Crippen LogP contribution in [-0.2, 0) is 4.79 Å². The van der Waals surface area contributed by atoms with E-state index in [4.69, 9.17) is 0 Å². The van der Waals surface area contributed by atoms with Gasteiger partial charge in [0.1, 0.15) is 0 Å². The van der Waals surface area contributed by atoms with E-state index in [-0.39, 0.29) is 11.5 Å². The molecule has 8 heteroatoms. The third-order valence-corrected chi connectivity index (χ3v) is 5.68. The summed E-state index contributed by atoms with van der Waals surface area (Å²) in [6.45, 7) is 2.72. The molecule has 2 heterocycles. The average molecular weight is 420 g/mol. The van der Waals surface area contributed by atoms with Crippen molar-refractivity contribution in [2.75, 3.05) is 12.3 Å². The average Bonchev–Trinajstić information content (AvgIpc) is 3.12. The molecule has 30 heavy (non-hydrogen) atoms. The number of rotatable bonds is 6. The first kappa shape index (κ1) is 20.0. The largest absolute Gasteiger partial charge is 0.289 e. The Morgan fingerprint density at radius 1 is 1.10 bits per heavy atom. The number of nitrogens with zero attached hydrogens (tertiary/aromatic N) is 5. The highest BCUT2D eigenvalue weighted by Crippen LogP contribution is 2.20. The van der Waals surface area contributed by atoms with E-state index >= 15 is 0 Å². The first-order valence-corrected chi connectivity index (χ1v) is 10.8. The van der Waals surface area contributed by atoms with Crippen molar-refractivity contribution in [3.63, 3.8) is 0 Å². The van der Waals surface area contributed by atoms with E-state index in [0.717, 1.165) is 12.8 Å². The maximum atomic E-state index is 13.2. The molecule has 1 aromatic heterocycles. The van der Waals surface area contributed by atoms with Crippen LogP contribution in [0.2, 0.25) is 0 Å². The fourth-order valence-electron chi connectivity index (χ4n) is 3.20. The van der Waals surface area contributed by atoms with E-state index < -0.39 is 0 Å². The van der Waals surface area contributed by atoms with E-state index in [0.29, 0.717) is 39.9 Å². The van der Waals surface area contributed by atoms with Gasteiger partial charge in [-0.1, -0.05) is 55.4 Å². The first-order valence-electron chi connectivity index (χ1n) is 9.80. The molecular weight excluding hydrogens is 398 g/mol. The van der Waals surface area contributed by atoms with Crippen LogP contribution in [0.1, 0.15) is 25.6 Å². The smallest absolute Gasteiger partial charge is 0.266 e. The molecule has 1 amide bonds. The zero-order valence-corrected chi connectivity index (χ0v) is 17.4. The van der Waals surface area contributed by atoms with Gasteiger partial charge >= 0.3 is 0 Å². The second-order valence-electron chi connectivity index (χ2n) is 6.78. The highest BCUT2D eigenvalue weighted by molar-refractivity contribution is 8.15. The summed E-state index contributed by atoms with van der Waals surface area (Å²) >= 11 is 1.37. The summed E-state index contributed by atoms with van der Waals surface area (Å²) in [6, 6.07) is 16.5. The van der Waals surface area contributed by atoms with Gasteiger partial charge in [0.25, 0.3) is 5.56 Å². The number of unbranched alkanes of at least 4 members (excludes halogenated alkanes) is 1. The molecule has 0 bridgehead atoms. The SMILES string of the molecule is CCCCN1C(=O)CS/C1=N\N=C\c1nc2ccccc2c(=O)n1-c1ccccc1.